The lowest BCUT2D eigenvalue weighted by molar-refractivity contribution is -0.0922. The molecule has 0 radical (unpaired) electrons. The maximum atomic E-state index is 12.1. The van der Waals surface area contributed by atoms with Gasteiger partial charge >= 0.3 is 0 Å². The second-order valence-electron chi connectivity index (χ2n) is 4.16. The number of fused-ring (bicyclic) bond motifs is 1. The van der Waals surface area contributed by atoms with Gasteiger partial charge in [-0.2, -0.15) is 8.42 Å². The molecule has 19 heavy (non-hydrogen) atoms. The molecule has 2 rings (SSSR count). The van der Waals surface area contributed by atoms with Crippen molar-refractivity contribution in [2.75, 3.05) is 0 Å². The standard InChI is InChI=1S/C13H14O5S/c1-9(14)13(15)18-19(16,17)12-8-4-6-10-5-2-3-7-11(10)12/h2-9,13-15H,1H3. The monoisotopic (exact) mass is 282 g/mol. The highest BCUT2D eigenvalue weighted by Crippen LogP contribution is 2.25. The van der Waals surface area contributed by atoms with Gasteiger partial charge in [0, 0.05) is 5.39 Å². The summed E-state index contributed by atoms with van der Waals surface area (Å²) in [5.41, 5.74) is 0. The largest absolute Gasteiger partial charge is 0.388 e. The minimum absolute atomic E-state index is 0.0368. The van der Waals surface area contributed by atoms with E-state index in [4.69, 9.17) is 5.11 Å². The van der Waals surface area contributed by atoms with E-state index in [1.54, 1.807) is 36.4 Å². The van der Waals surface area contributed by atoms with Crippen LogP contribution in [0.3, 0.4) is 0 Å². The van der Waals surface area contributed by atoms with Crippen LogP contribution in [0.1, 0.15) is 6.92 Å². The van der Waals surface area contributed by atoms with E-state index in [2.05, 4.69) is 4.18 Å². The molecule has 0 aliphatic rings. The van der Waals surface area contributed by atoms with Crippen molar-refractivity contribution < 1.29 is 22.8 Å². The lowest BCUT2D eigenvalue weighted by atomic mass is 10.1. The Labute approximate surface area is 111 Å². The highest BCUT2D eigenvalue weighted by molar-refractivity contribution is 7.87. The predicted molar refractivity (Wildman–Crippen MR) is 69.9 cm³/mol. The SMILES string of the molecule is CC(O)C(O)OS(=O)(=O)c1cccc2ccccc12. The molecule has 2 unspecified atom stereocenters. The van der Waals surface area contributed by atoms with Crippen molar-refractivity contribution in [1.29, 1.82) is 0 Å². The van der Waals surface area contributed by atoms with Gasteiger partial charge in [0.1, 0.15) is 11.0 Å². The lowest BCUT2D eigenvalue weighted by Gasteiger charge is -2.15. The van der Waals surface area contributed by atoms with Crippen molar-refractivity contribution in [2.45, 2.75) is 24.2 Å². The van der Waals surface area contributed by atoms with E-state index < -0.39 is 22.5 Å². The highest BCUT2D eigenvalue weighted by Gasteiger charge is 2.24. The molecule has 2 aromatic carbocycles. The van der Waals surface area contributed by atoms with Crippen LogP contribution in [0, 0.1) is 0 Å². The average Bonchev–Trinajstić information content (AvgIpc) is 2.37. The fourth-order valence-corrected chi connectivity index (χ4v) is 2.90. The third-order valence-electron chi connectivity index (χ3n) is 2.66. The van der Waals surface area contributed by atoms with Crippen molar-refractivity contribution in [3.8, 4) is 0 Å². The van der Waals surface area contributed by atoms with Gasteiger partial charge in [0.25, 0.3) is 10.1 Å². The molecule has 0 aromatic heterocycles. The molecular weight excluding hydrogens is 268 g/mol. The zero-order valence-electron chi connectivity index (χ0n) is 10.2. The summed E-state index contributed by atoms with van der Waals surface area (Å²) in [6.07, 6.45) is -3.09. The molecule has 0 bridgehead atoms. The number of rotatable bonds is 4. The van der Waals surface area contributed by atoms with Gasteiger partial charge in [-0.3, -0.25) is 0 Å². The number of hydrogen-bond donors (Lipinski definition) is 2. The van der Waals surface area contributed by atoms with Crippen LogP contribution in [-0.2, 0) is 14.3 Å². The Hall–Kier alpha value is -1.47. The van der Waals surface area contributed by atoms with E-state index in [1.165, 1.54) is 13.0 Å². The minimum atomic E-state index is -4.14. The maximum Gasteiger partial charge on any atom is 0.300 e. The van der Waals surface area contributed by atoms with E-state index in [0.717, 1.165) is 5.39 Å². The first kappa shape index (κ1) is 14.0. The third-order valence-corrected chi connectivity index (χ3v) is 4.00. The molecule has 2 atom stereocenters. The third kappa shape index (κ3) is 2.93. The van der Waals surface area contributed by atoms with Gasteiger partial charge in [0.05, 0.1) is 0 Å². The first-order valence-electron chi connectivity index (χ1n) is 5.69. The molecule has 0 aliphatic carbocycles. The first-order chi connectivity index (χ1) is 8.92. The molecule has 0 heterocycles. The van der Waals surface area contributed by atoms with E-state index in [1.807, 2.05) is 0 Å². The summed E-state index contributed by atoms with van der Waals surface area (Å²) in [6.45, 7) is 1.24. The van der Waals surface area contributed by atoms with E-state index in [9.17, 15) is 13.5 Å². The Morgan fingerprint density at radius 2 is 1.68 bits per heavy atom. The lowest BCUT2D eigenvalue weighted by Crippen LogP contribution is -2.28. The fourth-order valence-electron chi connectivity index (χ4n) is 1.68. The second-order valence-corrected chi connectivity index (χ2v) is 5.70. The quantitative estimate of drug-likeness (QED) is 0.651. The van der Waals surface area contributed by atoms with Crippen LogP contribution < -0.4 is 0 Å². The van der Waals surface area contributed by atoms with Crippen LogP contribution >= 0.6 is 0 Å². The summed E-state index contributed by atoms with van der Waals surface area (Å²) < 4.78 is 28.7. The van der Waals surface area contributed by atoms with Crippen LogP contribution in [0.5, 0.6) is 0 Å². The Kier molecular flexibility index (Phi) is 3.86. The minimum Gasteiger partial charge on any atom is -0.388 e. The zero-order chi connectivity index (χ0) is 14.0. The smallest absolute Gasteiger partial charge is 0.300 e. The predicted octanol–water partition coefficient (Wildman–Crippen LogP) is 1.24. The summed E-state index contributed by atoms with van der Waals surface area (Å²) in [5, 5.41) is 19.7. The van der Waals surface area contributed by atoms with Gasteiger partial charge in [0.15, 0.2) is 6.29 Å². The maximum absolute atomic E-state index is 12.1. The molecule has 6 heteroatoms. The van der Waals surface area contributed by atoms with Gasteiger partial charge in [-0.25, -0.2) is 4.18 Å². The summed E-state index contributed by atoms with van der Waals surface area (Å²) in [5.74, 6) is 0. The number of aliphatic hydroxyl groups excluding tert-OH is 2. The first-order valence-corrected chi connectivity index (χ1v) is 7.10. The average molecular weight is 282 g/mol. The normalized spacial score (nSPS) is 15.3. The molecule has 0 amide bonds. The Balaban J connectivity index is 2.49. The number of benzene rings is 2. The van der Waals surface area contributed by atoms with E-state index in [0.29, 0.717) is 5.39 Å². The summed E-state index contributed by atoms with van der Waals surface area (Å²) in [6, 6.07) is 11.7. The fraction of sp³-hybridized carbons (Fsp3) is 0.231. The molecule has 0 fully saturated rings. The van der Waals surface area contributed by atoms with Gasteiger partial charge in [-0.05, 0) is 18.4 Å². The zero-order valence-corrected chi connectivity index (χ0v) is 11.0. The Bertz CT molecular complexity index is 673. The van der Waals surface area contributed by atoms with Gasteiger partial charge in [-0.15, -0.1) is 0 Å². The Morgan fingerprint density at radius 3 is 2.37 bits per heavy atom. The molecular formula is C13H14O5S. The second kappa shape index (κ2) is 5.26. The van der Waals surface area contributed by atoms with E-state index >= 15 is 0 Å². The number of hydrogen-bond acceptors (Lipinski definition) is 5. The number of aliphatic hydroxyl groups is 2. The molecule has 0 saturated heterocycles. The molecule has 0 saturated carbocycles. The molecule has 2 N–H and O–H groups in total. The molecule has 2 aromatic rings. The van der Waals surface area contributed by atoms with Crippen LogP contribution in [0.15, 0.2) is 47.4 Å². The van der Waals surface area contributed by atoms with Crippen LogP contribution in [0.2, 0.25) is 0 Å². The Morgan fingerprint density at radius 1 is 1.05 bits per heavy atom. The van der Waals surface area contributed by atoms with Crippen molar-refractivity contribution >= 4 is 20.9 Å². The van der Waals surface area contributed by atoms with Crippen molar-refractivity contribution in [2.24, 2.45) is 0 Å². The van der Waals surface area contributed by atoms with E-state index in [-0.39, 0.29) is 4.90 Å². The summed E-state index contributed by atoms with van der Waals surface area (Å²) >= 11 is 0. The van der Waals surface area contributed by atoms with Crippen molar-refractivity contribution in [3.05, 3.63) is 42.5 Å². The topological polar surface area (TPSA) is 83.8 Å². The summed E-state index contributed by atoms with van der Waals surface area (Å²) in [4.78, 5) is -0.0368. The molecule has 102 valence electrons. The van der Waals surface area contributed by atoms with Crippen molar-refractivity contribution in [1.82, 2.24) is 0 Å². The molecule has 0 spiro atoms. The van der Waals surface area contributed by atoms with Crippen LogP contribution in [-0.4, -0.2) is 31.0 Å². The highest BCUT2D eigenvalue weighted by atomic mass is 32.2. The van der Waals surface area contributed by atoms with Gasteiger partial charge in [-0.1, -0.05) is 36.4 Å². The van der Waals surface area contributed by atoms with Crippen molar-refractivity contribution in [3.63, 3.8) is 0 Å². The summed E-state index contributed by atoms with van der Waals surface area (Å²) in [7, 11) is -4.14. The van der Waals surface area contributed by atoms with Crippen LogP contribution in [0.25, 0.3) is 10.8 Å². The van der Waals surface area contributed by atoms with Crippen LogP contribution in [0.4, 0.5) is 0 Å². The van der Waals surface area contributed by atoms with Gasteiger partial charge in [0.2, 0.25) is 0 Å². The molecule has 5 nitrogen and oxygen atoms in total. The molecule has 0 aliphatic heterocycles. The van der Waals surface area contributed by atoms with Gasteiger partial charge < -0.3 is 10.2 Å².